The van der Waals surface area contributed by atoms with Crippen LogP contribution >= 0.6 is 0 Å². The maximum atomic E-state index is 12.6. The summed E-state index contributed by atoms with van der Waals surface area (Å²) in [5.74, 6) is -0.344. The van der Waals surface area contributed by atoms with Gasteiger partial charge < -0.3 is 31.7 Å². The predicted octanol–water partition coefficient (Wildman–Crippen LogP) is -1.05. The van der Waals surface area contributed by atoms with Gasteiger partial charge in [-0.05, 0) is 38.3 Å². The highest BCUT2D eigenvalue weighted by Gasteiger charge is 2.53. The van der Waals surface area contributed by atoms with Gasteiger partial charge in [0.25, 0.3) is 12.4 Å². The van der Waals surface area contributed by atoms with Crippen molar-refractivity contribution in [2.75, 3.05) is 32.0 Å². The van der Waals surface area contributed by atoms with Gasteiger partial charge >= 0.3 is 0 Å². The lowest BCUT2D eigenvalue weighted by Gasteiger charge is -2.53. The van der Waals surface area contributed by atoms with Crippen LogP contribution in [0.4, 0.5) is 5.82 Å². The summed E-state index contributed by atoms with van der Waals surface area (Å²) < 4.78 is 6.00. The fraction of sp³-hybridized carbons (Fsp3) is 0.579. The first-order chi connectivity index (χ1) is 14.2. The number of carboxylic acid groups (broad SMARTS) is 1. The van der Waals surface area contributed by atoms with E-state index in [1.807, 2.05) is 11.8 Å². The van der Waals surface area contributed by atoms with Crippen LogP contribution in [0.3, 0.4) is 0 Å². The van der Waals surface area contributed by atoms with Crippen molar-refractivity contribution in [1.29, 1.82) is 0 Å². The highest BCUT2D eigenvalue weighted by Crippen LogP contribution is 2.40. The van der Waals surface area contributed by atoms with E-state index in [0.29, 0.717) is 50.3 Å². The van der Waals surface area contributed by atoms with Crippen molar-refractivity contribution in [2.24, 2.45) is 5.73 Å². The molecule has 11 heteroatoms. The number of aliphatic hydroxyl groups excluding tert-OH is 1. The molecule has 2 aliphatic heterocycles. The minimum atomic E-state index is -0.875. The Kier molecular flexibility index (Phi) is 7.71. The summed E-state index contributed by atoms with van der Waals surface area (Å²) >= 11 is 0. The first-order valence-corrected chi connectivity index (χ1v) is 9.60. The molecule has 0 saturated carbocycles. The normalized spacial score (nSPS) is 25.6. The summed E-state index contributed by atoms with van der Waals surface area (Å²) in [6.07, 6.45) is 2.17. The smallest absolute Gasteiger partial charge is 0.290 e. The van der Waals surface area contributed by atoms with Crippen LogP contribution in [0.15, 0.2) is 18.3 Å². The Bertz CT molecular complexity index is 750. The van der Waals surface area contributed by atoms with Crippen LogP contribution in [0.1, 0.15) is 36.5 Å². The average molecular weight is 423 g/mol. The molecule has 7 N–H and O–H groups in total. The van der Waals surface area contributed by atoms with Crippen molar-refractivity contribution in [3.63, 3.8) is 0 Å². The van der Waals surface area contributed by atoms with Gasteiger partial charge in [0, 0.05) is 25.9 Å². The van der Waals surface area contributed by atoms with Crippen LogP contribution in [0.25, 0.3) is 0 Å². The summed E-state index contributed by atoms with van der Waals surface area (Å²) in [5.41, 5.74) is 9.63. The number of aromatic nitrogens is 1. The predicted molar refractivity (Wildman–Crippen MR) is 107 cm³/mol. The highest BCUT2D eigenvalue weighted by atomic mass is 16.5. The van der Waals surface area contributed by atoms with Crippen LogP contribution in [0.2, 0.25) is 0 Å². The molecular weight excluding hydrogens is 394 g/mol. The van der Waals surface area contributed by atoms with Crippen molar-refractivity contribution in [2.45, 2.75) is 43.4 Å². The highest BCUT2D eigenvalue weighted by molar-refractivity contribution is 5.94. The van der Waals surface area contributed by atoms with E-state index in [1.165, 1.54) is 6.20 Å². The number of carbonyl (C=O) groups is 3. The molecule has 2 fully saturated rings. The van der Waals surface area contributed by atoms with Crippen LogP contribution in [-0.4, -0.2) is 81.9 Å². The number of rotatable bonds is 4. The minimum absolute atomic E-state index is 0.199. The second-order valence-electron chi connectivity index (χ2n) is 7.76. The number of carbonyl (C=O) groups excluding carboxylic acids is 2. The zero-order valence-electron chi connectivity index (χ0n) is 16.9. The summed E-state index contributed by atoms with van der Waals surface area (Å²) in [5, 5.41) is 21.0. The number of anilines is 1. The number of nitrogen functional groups attached to an aromatic ring is 1. The molecule has 2 aliphatic rings. The van der Waals surface area contributed by atoms with Crippen LogP contribution < -0.4 is 16.8 Å². The van der Waals surface area contributed by atoms with Crippen LogP contribution in [-0.2, 0) is 14.3 Å². The van der Waals surface area contributed by atoms with Gasteiger partial charge in [0.2, 0.25) is 5.91 Å². The fourth-order valence-corrected chi connectivity index (χ4v) is 3.99. The number of nitrogens with two attached hydrogens (primary N) is 2. The number of aliphatic hydroxyl groups is 1. The topological polar surface area (TPSA) is 181 Å². The molecule has 166 valence electrons. The van der Waals surface area contributed by atoms with E-state index < -0.39 is 17.2 Å². The number of likely N-dealkylation sites (tertiary alicyclic amines) is 1. The standard InChI is InChI=1S/C18H27N5O4.CH2O2/c1-17(22-15(25)12-2-3-13(19)21-10-12)6-9-27-18(16(17)26)4-7-23(8-5-18)11-14(20)24;2-1-3/h2-3,10,16,26H,4-9,11H2,1H3,(H2,19,21)(H2,20,24)(H,22,25);1H,(H,2,3)/t16-,17+;/m0./s1. The lowest BCUT2D eigenvalue weighted by molar-refractivity contribution is -0.205. The molecule has 0 radical (unpaired) electrons. The summed E-state index contributed by atoms with van der Waals surface area (Å²) in [4.78, 5) is 38.0. The summed E-state index contributed by atoms with van der Waals surface area (Å²) in [6, 6.07) is 3.17. The Hall–Kier alpha value is -2.76. The monoisotopic (exact) mass is 423 g/mol. The number of pyridine rings is 1. The number of hydrogen-bond donors (Lipinski definition) is 5. The zero-order chi connectivity index (χ0) is 22.4. The molecule has 3 rings (SSSR count). The number of primary amides is 1. The number of nitrogens with one attached hydrogen (secondary N) is 1. The first-order valence-electron chi connectivity index (χ1n) is 9.60. The first kappa shape index (κ1) is 23.5. The third-order valence-electron chi connectivity index (χ3n) is 5.64. The van der Waals surface area contributed by atoms with Crippen molar-refractivity contribution in [1.82, 2.24) is 15.2 Å². The molecular formula is C19H29N5O6. The quantitative estimate of drug-likeness (QED) is 0.378. The van der Waals surface area contributed by atoms with Crippen LogP contribution in [0, 0.1) is 0 Å². The molecule has 2 atom stereocenters. The molecule has 0 aromatic carbocycles. The van der Waals surface area contributed by atoms with Gasteiger partial charge in [-0.15, -0.1) is 0 Å². The number of hydrogen-bond acceptors (Lipinski definition) is 8. The summed E-state index contributed by atoms with van der Waals surface area (Å²) in [7, 11) is 0. The Balaban J connectivity index is 0.00000101. The van der Waals surface area contributed by atoms with Crippen molar-refractivity contribution in [3.8, 4) is 0 Å². The van der Waals surface area contributed by atoms with Gasteiger partial charge in [0.05, 0.1) is 23.2 Å². The molecule has 1 spiro atoms. The molecule has 1 aromatic heterocycles. The third-order valence-corrected chi connectivity index (χ3v) is 5.64. The Morgan fingerprint density at radius 1 is 1.37 bits per heavy atom. The molecule has 2 amide bonds. The molecule has 2 saturated heterocycles. The maximum absolute atomic E-state index is 12.6. The fourth-order valence-electron chi connectivity index (χ4n) is 3.99. The third kappa shape index (κ3) is 5.43. The molecule has 3 heterocycles. The molecule has 30 heavy (non-hydrogen) atoms. The largest absolute Gasteiger partial charge is 0.483 e. The molecule has 0 unspecified atom stereocenters. The van der Waals surface area contributed by atoms with Crippen molar-refractivity contribution in [3.05, 3.63) is 23.9 Å². The Morgan fingerprint density at radius 3 is 2.53 bits per heavy atom. The lowest BCUT2D eigenvalue weighted by atomic mass is 9.73. The van der Waals surface area contributed by atoms with E-state index in [0.717, 1.165) is 0 Å². The van der Waals surface area contributed by atoms with E-state index in [4.69, 9.17) is 26.1 Å². The van der Waals surface area contributed by atoms with E-state index in [2.05, 4.69) is 10.3 Å². The molecule has 11 nitrogen and oxygen atoms in total. The second-order valence-corrected chi connectivity index (χ2v) is 7.76. The number of nitrogens with zero attached hydrogens (tertiary/aromatic N) is 2. The van der Waals surface area contributed by atoms with E-state index in [-0.39, 0.29) is 24.8 Å². The Morgan fingerprint density at radius 2 is 2.00 bits per heavy atom. The number of piperidine rings is 1. The van der Waals surface area contributed by atoms with E-state index in [9.17, 15) is 14.7 Å². The number of ether oxygens (including phenoxy) is 1. The molecule has 0 aliphatic carbocycles. The Labute approximate surface area is 174 Å². The van der Waals surface area contributed by atoms with Crippen molar-refractivity contribution < 1.29 is 29.3 Å². The lowest BCUT2D eigenvalue weighted by Crippen LogP contribution is -2.69. The van der Waals surface area contributed by atoms with Gasteiger partial charge in [-0.2, -0.15) is 0 Å². The van der Waals surface area contributed by atoms with E-state index >= 15 is 0 Å². The average Bonchev–Trinajstić information content (AvgIpc) is 2.69. The SMILES string of the molecule is C[C@@]1(NC(=O)c2ccc(N)nc2)CCOC2(CCN(CC(N)=O)CC2)[C@H]1O.O=CO. The number of amides is 2. The van der Waals surface area contributed by atoms with E-state index in [1.54, 1.807) is 12.1 Å². The minimum Gasteiger partial charge on any atom is -0.483 e. The maximum Gasteiger partial charge on any atom is 0.290 e. The summed E-state index contributed by atoms with van der Waals surface area (Å²) in [6.45, 7) is 3.42. The molecule has 0 bridgehead atoms. The van der Waals surface area contributed by atoms with Gasteiger partial charge in [-0.3, -0.25) is 19.3 Å². The van der Waals surface area contributed by atoms with Gasteiger partial charge in [0.15, 0.2) is 0 Å². The zero-order valence-corrected chi connectivity index (χ0v) is 16.9. The van der Waals surface area contributed by atoms with Gasteiger partial charge in [-0.25, -0.2) is 4.98 Å². The second kappa shape index (κ2) is 9.83. The van der Waals surface area contributed by atoms with Crippen molar-refractivity contribution >= 4 is 24.1 Å². The van der Waals surface area contributed by atoms with Crippen LogP contribution in [0.5, 0.6) is 0 Å². The molecule has 1 aromatic rings. The van der Waals surface area contributed by atoms with Gasteiger partial charge in [0.1, 0.15) is 11.9 Å². The van der Waals surface area contributed by atoms with Gasteiger partial charge in [-0.1, -0.05) is 0 Å².